The van der Waals surface area contributed by atoms with E-state index in [4.69, 9.17) is 5.73 Å². The molecule has 3 N–H and O–H groups in total. The van der Waals surface area contributed by atoms with E-state index in [1.807, 2.05) is 32.0 Å². The average Bonchev–Trinajstić information content (AvgIpc) is 2.37. The van der Waals surface area contributed by atoms with Gasteiger partial charge in [-0.2, -0.15) is 0 Å². The van der Waals surface area contributed by atoms with Crippen molar-refractivity contribution in [2.45, 2.75) is 33.7 Å². The Balaban J connectivity index is 2.95. The van der Waals surface area contributed by atoms with E-state index < -0.39 is 0 Å². The van der Waals surface area contributed by atoms with Crippen LogP contribution >= 0.6 is 0 Å². The van der Waals surface area contributed by atoms with E-state index in [2.05, 4.69) is 31.0 Å². The Bertz CT molecular complexity index is 509. The van der Waals surface area contributed by atoms with Crippen LogP contribution in [0.4, 0.5) is 0 Å². The lowest BCUT2D eigenvalue weighted by molar-refractivity contribution is 0.0930. The van der Waals surface area contributed by atoms with Crippen LogP contribution in [0.3, 0.4) is 0 Å². The summed E-state index contributed by atoms with van der Waals surface area (Å²) in [6, 6.07) is 5.78. The lowest BCUT2D eigenvalue weighted by Crippen LogP contribution is -2.36. The third kappa shape index (κ3) is 4.42. The van der Waals surface area contributed by atoms with Crippen molar-refractivity contribution in [2.24, 2.45) is 11.7 Å². The highest BCUT2D eigenvalue weighted by Gasteiger charge is 2.14. The van der Waals surface area contributed by atoms with Gasteiger partial charge in [0.2, 0.25) is 0 Å². The van der Waals surface area contributed by atoms with Gasteiger partial charge in [-0.15, -0.1) is 0 Å². The third-order valence-electron chi connectivity index (χ3n) is 3.18. The van der Waals surface area contributed by atoms with Gasteiger partial charge in [0.05, 0.1) is 6.54 Å². The van der Waals surface area contributed by atoms with Crippen molar-refractivity contribution in [1.82, 2.24) is 5.32 Å². The molecule has 0 aliphatic heterocycles. The average molecular weight is 258 g/mol. The first-order valence-electron chi connectivity index (χ1n) is 6.56. The van der Waals surface area contributed by atoms with Gasteiger partial charge in [-0.1, -0.05) is 31.8 Å². The first-order valence-corrected chi connectivity index (χ1v) is 6.56. The standard InChI is InChI=1S/C16H22N2O/c1-11(2)13(4)18-16(19)15-10-14(6-5-9-17)8-7-12(15)3/h7-8,10-11,13H,9,17H2,1-4H3,(H,18,19). The number of aryl methyl sites for hydroxylation is 1. The van der Waals surface area contributed by atoms with Gasteiger partial charge in [0.1, 0.15) is 0 Å². The molecule has 0 fully saturated rings. The minimum Gasteiger partial charge on any atom is -0.349 e. The van der Waals surface area contributed by atoms with Crippen LogP contribution in [-0.2, 0) is 0 Å². The molecule has 1 unspecified atom stereocenters. The minimum atomic E-state index is -0.0462. The fourth-order valence-corrected chi connectivity index (χ4v) is 1.55. The Morgan fingerprint density at radius 2 is 2.05 bits per heavy atom. The SMILES string of the molecule is Cc1ccc(C#CCN)cc1C(=O)NC(C)C(C)C. The summed E-state index contributed by atoms with van der Waals surface area (Å²) < 4.78 is 0. The first-order chi connectivity index (χ1) is 8.95. The quantitative estimate of drug-likeness (QED) is 0.816. The maximum absolute atomic E-state index is 12.2. The van der Waals surface area contributed by atoms with Crippen molar-refractivity contribution in [3.63, 3.8) is 0 Å². The monoisotopic (exact) mass is 258 g/mol. The summed E-state index contributed by atoms with van der Waals surface area (Å²) in [5.74, 6) is 6.10. The van der Waals surface area contributed by atoms with Crippen LogP contribution in [0.2, 0.25) is 0 Å². The van der Waals surface area contributed by atoms with Crippen molar-refractivity contribution < 1.29 is 4.79 Å². The summed E-state index contributed by atoms with van der Waals surface area (Å²) in [4.78, 5) is 12.2. The number of carbonyl (C=O) groups excluding carboxylic acids is 1. The van der Waals surface area contributed by atoms with E-state index in [1.54, 1.807) is 0 Å². The molecule has 0 heterocycles. The predicted octanol–water partition coefficient (Wildman–Crippen LogP) is 2.08. The summed E-state index contributed by atoms with van der Waals surface area (Å²) in [5, 5.41) is 3.01. The molecule has 0 bridgehead atoms. The second-order valence-corrected chi connectivity index (χ2v) is 5.04. The Kier molecular flexibility index (Phi) is 5.59. The van der Waals surface area contributed by atoms with Gasteiger partial charge < -0.3 is 11.1 Å². The molecule has 0 spiro atoms. The lowest BCUT2D eigenvalue weighted by atomic mass is 10.0. The molecule has 0 radical (unpaired) electrons. The molecule has 0 saturated heterocycles. The van der Waals surface area contributed by atoms with Gasteiger partial charge in [-0.25, -0.2) is 0 Å². The Hall–Kier alpha value is -1.79. The van der Waals surface area contributed by atoms with Gasteiger partial charge in [-0.3, -0.25) is 4.79 Å². The smallest absolute Gasteiger partial charge is 0.251 e. The molecular formula is C16H22N2O. The Morgan fingerprint density at radius 3 is 2.63 bits per heavy atom. The molecule has 3 heteroatoms. The van der Waals surface area contributed by atoms with E-state index >= 15 is 0 Å². The van der Waals surface area contributed by atoms with Gasteiger partial charge in [-0.05, 0) is 37.5 Å². The number of carbonyl (C=O) groups is 1. The number of nitrogens with one attached hydrogen (secondary N) is 1. The van der Waals surface area contributed by atoms with Gasteiger partial charge in [0.25, 0.3) is 5.91 Å². The number of rotatable bonds is 3. The zero-order valence-corrected chi connectivity index (χ0v) is 12.1. The first kappa shape index (κ1) is 15.3. The molecule has 1 rings (SSSR count). The molecule has 3 nitrogen and oxygen atoms in total. The molecule has 0 aromatic heterocycles. The highest BCUT2D eigenvalue weighted by Crippen LogP contribution is 2.12. The molecule has 1 amide bonds. The second kappa shape index (κ2) is 6.96. The molecule has 0 aliphatic carbocycles. The summed E-state index contributed by atoms with van der Waals surface area (Å²) in [6.07, 6.45) is 0. The van der Waals surface area contributed by atoms with Crippen LogP contribution in [0.1, 0.15) is 42.3 Å². The molecule has 1 atom stereocenters. The topological polar surface area (TPSA) is 55.1 Å². The van der Waals surface area contributed by atoms with E-state index in [9.17, 15) is 4.79 Å². The zero-order chi connectivity index (χ0) is 14.4. The zero-order valence-electron chi connectivity index (χ0n) is 12.1. The van der Waals surface area contributed by atoms with E-state index in [0.717, 1.165) is 11.1 Å². The van der Waals surface area contributed by atoms with Crippen LogP contribution in [0, 0.1) is 24.7 Å². The maximum atomic E-state index is 12.2. The fraction of sp³-hybridized carbons (Fsp3) is 0.438. The van der Waals surface area contributed by atoms with Gasteiger partial charge >= 0.3 is 0 Å². The van der Waals surface area contributed by atoms with Crippen molar-refractivity contribution in [3.8, 4) is 11.8 Å². The summed E-state index contributed by atoms with van der Waals surface area (Å²) >= 11 is 0. The van der Waals surface area contributed by atoms with Gasteiger partial charge in [0.15, 0.2) is 0 Å². The largest absolute Gasteiger partial charge is 0.349 e. The molecule has 102 valence electrons. The lowest BCUT2D eigenvalue weighted by Gasteiger charge is -2.18. The van der Waals surface area contributed by atoms with E-state index in [0.29, 0.717) is 18.0 Å². The predicted molar refractivity (Wildman–Crippen MR) is 78.9 cm³/mol. The maximum Gasteiger partial charge on any atom is 0.251 e. The normalized spacial score (nSPS) is 11.7. The Morgan fingerprint density at radius 1 is 1.37 bits per heavy atom. The highest BCUT2D eigenvalue weighted by atomic mass is 16.1. The summed E-state index contributed by atoms with van der Waals surface area (Å²) in [7, 11) is 0. The highest BCUT2D eigenvalue weighted by molar-refractivity contribution is 5.96. The van der Waals surface area contributed by atoms with Crippen LogP contribution in [0.25, 0.3) is 0 Å². The Labute approximate surface area is 115 Å². The van der Waals surface area contributed by atoms with Crippen molar-refractivity contribution in [1.29, 1.82) is 0 Å². The third-order valence-corrected chi connectivity index (χ3v) is 3.18. The molecule has 0 aliphatic rings. The number of hydrogen-bond donors (Lipinski definition) is 2. The molecule has 19 heavy (non-hydrogen) atoms. The van der Waals surface area contributed by atoms with Crippen LogP contribution in [0.5, 0.6) is 0 Å². The van der Waals surface area contributed by atoms with Crippen molar-refractivity contribution >= 4 is 5.91 Å². The summed E-state index contributed by atoms with van der Waals surface area (Å²) in [5.41, 5.74) is 7.80. The molecule has 1 aromatic carbocycles. The second-order valence-electron chi connectivity index (χ2n) is 5.04. The fourth-order valence-electron chi connectivity index (χ4n) is 1.55. The molecular weight excluding hydrogens is 236 g/mol. The van der Waals surface area contributed by atoms with Crippen LogP contribution < -0.4 is 11.1 Å². The minimum absolute atomic E-state index is 0.0462. The van der Waals surface area contributed by atoms with E-state index in [-0.39, 0.29) is 11.9 Å². The molecule has 0 saturated carbocycles. The number of amides is 1. The van der Waals surface area contributed by atoms with Crippen LogP contribution in [0.15, 0.2) is 18.2 Å². The summed E-state index contributed by atoms with van der Waals surface area (Å²) in [6.45, 7) is 8.42. The number of hydrogen-bond acceptors (Lipinski definition) is 2. The van der Waals surface area contributed by atoms with Crippen molar-refractivity contribution in [3.05, 3.63) is 34.9 Å². The number of nitrogens with two attached hydrogens (primary N) is 1. The molecule has 1 aromatic rings. The van der Waals surface area contributed by atoms with Gasteiger partial charge in [0, 0.05) is 17.2 Å². The number of benzene rings is 1. The van der Waals surface area contributed by atoms with E-state index in [1.165, 1.54) is 0 Å². The van der Waals surface area contributed by atoms with Crippen LogP contribution in [-0.4, -0.2) is 18.5 Å². The van der Waals surface area contributed by atoms with Crippen molar-refractivity contribution in [2.75, 3.05) is 6.54 Å².